The van der Waals surface area contributed by atoms with Crippen LogP contribution in [-0.4, -0.2) is 9.55 Å². The smallest absolute Gasteiger partial charge is 0.334 e. The highest BCUT2D eigenvalue weighted by molar-refractivity contribution is 5.41. The van der Waals surface area contributed by atoms with Crippen molar-refractivity contribution in [3.05, 3.63) is 57.2 Å². The van der Waals surface area contributed by atoms with Crippen LogP contribution in [0.5, 0.6) is 0 Å². The number of nitrogens with zero attached hydrogens (tertiary/aromatic N) is 1. The lowest BCUT2D eigenvalue weighted by molar-refractivity contribution is 0.909. The minimum absolute atomic E-state index is 0.120. The zero-order chi connectivity index (χ0) is 10.8. The van der Waals surface area contributed by atoms with E-state index in [1.54, 1.807) is 24.3 Å². The molecule has 15 heavy (non-hydrogen) atoms. The Hall–Kier alpha value is -2.30. The van der Waals surface area contributed by atoms with Crippen LogP contribution in [0.1, 0.15) is 0 Å². The highest BCUT2D eigenvalue weighted by atomic mass is 16.2. The van der Waals surface area contributed by atoms with Crippen LogP contribution in [-0.2, 0) is 0 Å². The van der Waals surface area contributed by atoms with Crippen LogP contribution in [0.25, 0.3) is 5.69 Å². The molecule has 2 aromatic rings. The van der Waals surface area contributed by atoms with Gasteiger partial charge in [-0.05, 0) is 12.1 Å². The van der Waals surface area contributed by atoms with Crippen molar-refractivity contribution in [3.63, 3.8) is 0 Å². The molecule has 5 nitrogen and oxygen atoms in total. The second kappa shape index (κ2) is 3.45. The lowest BCUT2D eigenvalue weighted by Crippen LogP contribution is -2.30. The van der Waals surface area contributed by atoms with E-state index in [0.717, 1.165) is 0 Å². The summed E-state index contributed by atoms with van der Waals surface area (Å²) in [6, 6.07) is 10.0. The molecule has 0 aliphatic carbocycles. The summed E-state index contributed by atoms with van der Waals surface area (Å²) in [7, 11) is 0. The van der Waals surface area contributed by atoms with Gasteiger partial charge in [0, 0.05) is 6.07 Å². The molecule has 0 aliphatic heterocycles. The van der Waals surface area contributed by atoms with Crippen molar-refractivity contribution in [1.29, 1.82) is 0 Å². The van der Waals surface area contributed by atoms with Gasteiger partial charge < -0.3 is 5.73 Å². The Balaban J connectivity index is 2.75. The quantitative estimate of drug-likeness (QED) is 0.690. The summed E-state index contributed by atoms with van der Waals surface area (Å²) < 4.78 is 1.24. The van der Waals surface area contributed by atoms with Crippen molar-refractivity contribution in [2.75, 3.05) is 5.73 Å². The minimum atomic E-state index is -0.536. The average Bonchev–Trinajstić information content (AvgIpc) is 2.17. The van der Waals surface area contributed by atoms with Crippen molar-refractivity contribution in [1.82, 2.24) is 9.55 Å². The van der Waals surface area contributed by atoms with Gasteiger partial charge in [0.25, 0.3) is 5.56 Å². The molecule has 5 heteroatoms. The summed E-state index contributed by atoms with van der Waals surface area (Å²) in [5.74, 6) is 0.120. The Bertz CT molecular complexity index is 584. The predicted octanol–water partition coefficient (Wildman–Crippen LogP) is 0.108. The van der Waals surface area contributed by atoms with E-state index in [4.69, 9.17) is 5.73 Å². The molecule has 76 valence electrons. The van der Waals surface area contributed by atoms with Gasteiger partial charge in [-0.1, -0.05) is 18.2 Å². The number of benzene rings is 1. The summed E-state index contributed by atoms with van der Waals surface area (Å²) >= 11 is 0. The zero-order valence-corrected chi connectivity index (χ0v) is 7.81. The van der Waals surface area contributed by atoms with E-state index in [0.29, 0.717) is 5.69 Å². The molecule has 3 N–H and O–H groups in total. The van der Waals surface area contributed by atoms with E-state index in [1.807, 2.05) is 6.07 Å². The summed E-state index contributed by atoms with van der Waals surface area (Å²) in [5.41, 5.74) is 5.19. The monoisotopic (exact) mass is 203 g/mol. The van der Waals surface area contributed by atoms with E-state index in [1.165, 1.54) is 10.6 Å². The molecule has 1 aromatic carbocycles. The first-order valence-corrected chi connectivity index (χ1v) is 4.36. The number of nitrogens with two attached hydrogens (primary N) is 1. The first-order valence-electron chi connectivity index (χ1n) is 4.36. The van der Waals surface area contributed by atoms with Crippen LogP contribution in [0.2, 0.25) is 0 Å². The fourth-order valence-corrected chi connectivity index (χ4v) is 1.36. The van der Waals surface area contributed by atoms with Gasteiger partial charge in [0.1, 0.15) is 5.82 Å². The maximum Gasteiger partial charge on any atom is 0.334 e. The molecular formula is C10H9N3O2. The van der Waals surface area contributed by atoms with Crippen molar-refractivity contribution in [2.24, 2.45) is 0 Å². The number of rotatable bonds is 1. The summed E-state index contributed by atoms with van der Waals surface area (Å²) in [5, 5.41) is 0. The van der Waals surface area contributed by atoms with Crippen LogP contribution in [0.4, 0.5) is 5.82 Å². The molecule has 0 atom stereocenters. The number of para-hydroxylation sites is 1. The minimum Gasteiger partial charge on any atom is -0.385 e. The molecule has 0 saturated carbocycles. The molecule has 0 radical (unpaired) electrons. The Morgan fingerprint density at radius 2 is 1.80 bits per heavy atom. The second-order valence-electron chi connectivity index (χ2n) is 3.03. The Morgan fingerprint density at radius 1 is 1.13 bits per heavy atom. The van der Waals surface area contributed by atoms with Gasteiger partial charge in [0.2, 0.25) is 0 Å². The van der Waals surface area contributed by atoms with Gasteiger partial charge in [-0.15, -0.1) is 0 Å². The van der Waals surface area contributed by atoms with Gasteiger partial charge in [-0.3, -0.25) is 9.78 Å². The molecule has 2 rings (SSSR count). The summed E-state index contributed by atoms with van der Waals surface area (Å²) in [6.45, 7) is 0. The Morgan fingerprint density at radius 3 is 2.40 bits per heavy atom. The van der Waals surface area contributed by atoms with Gasteiger partial charge in [-0.2, -0.15) is 0 Å². The molecule has 0 amide bonds. The number of anilines is 1. The maximum absolute atomic E-state index is 11.5. The van der Waals surface area contributed by atoms with E-state index in [9.17, 15) is 9.59 Å². The van der Waals surface area contributed by atoms with Gasteiger partial charge in [0.15, 0.2) is 0 Å². The number of aromatic nitrogens is 2. The Labute approximate surface area is 84.8 Å². The highest BCUT2D eigenvalue weighted by Crippen LogP contribution is 2.06. The molecule has 0 saturated heterocycles. The van der Waals surface area contributed by atoms with Crippen LogP contribution in [0.3, 0.4) is 0 Å². The van der Waals surface area contributed by atoms with Crippen LogP contribution in [0.15, 0.2) is 46.0 Å². The van der Waals surface area contributed by atoms with Crippen LogP contribution < -0.4 is 17.0 Å². The number of nitrogens with one attached hydrogen (secondary N) is 1. The molecule has 0 aliphatic rings. The third kappa shape index (κ3) is 1.67. The lowest BCUT2D eigenvalue weighted by atomic mass is 10.3. The number of aromatic amines is 1. The van der Waals surface area contributed by atoms with Crippen molar-refractivity contribution in [3.8, 4) is 5.69 Å². The largest absolute Gasteiger partial charge is 0.385 e. The fourth-order valence-electron chi connectivity index (χ4n) is 1.36. The summed E-state index contributed by atoms with van der Waals surface area (Å²) in [4.78, 5) is 24.6. The third-order valence-corrected chi connectivity index (χ3v) is 1.98. The first kappa shape index (κ1) is 9.26. The molecule has 1 heterocycles. The number of nitrogen functional groups attached to an aromatic ring is 1. The van der Waals surface area contributed by atoms with Gasteiger partial charge in [0.05, 0.1) is 5.69 Å². The van der Waals surface area contributed by atoms with E-state index in [2.05, 4.69) is 4.98 Å². The second-order valence-corrected chi connectivity index (χ2v) is 3.03. The highest BCUT2D eigenvalue weighted by Gasteiger charge is 2.03. The fraction of sp³-hybridized carbons (Fsp3) is 0. The number of hydrogen-bond acceptors (Lipinski definition) is 3. The zero-order valence-electron chi connectivity index (χ0n) is 7.81. The molecule has 0 spiro atoms. The molecule has 0 bridgehead atoms. The van der Waals surface area contributed by atoms with Crippen molar-refractivity contribution < 1.29 is 0 Å². The van der Waals surface area contributed by atoms with E-state index >= 15 is 0 Å². The number of H-pyrrole nitrogens is 1. The molecular weight excluding hydrogens is 194 g/mol. The third-order valence-electron chi connectivity index (χ3n) is 1.98. The Kier molecular flexibility index (Phi) is 2.13. The van der Waals surface area contributed by atoms with E-state index < -0.39 is 11.2 Å². The normalized spacial score (nSPS) is 10.1. The van der Waals surface area contributed by atoms with Gasteiger partial charge in [-0.25, -0.2) is 9.36 Å². The van der Waals surface area contributed by atoms with Crippen LogP contribution >= 0.6 is 0 Å². The summed E-state index contributed by atoms with van der Waals surface area (Å²) in [6.07, 6.45) is 0. The van der Waals surface area contributed by atoms with Crippen molar-refractivity contribution >= 4 is 5.82 Å². The van der Waals surface area contributed by atoms with E-state index in [-0.39, 0.29) is 5.82 Å². The molecule has 1 aromatic heterocycles. The SMILES string of the molecule is Nc1cc(=O)[nH]c(=O)n1-c1ccccc1. The van der Waals surface area contributed by atoms with Gasteiger partial charge >= 0.3 is 5.69 Å². The maximum atomic E-state index is 11.5. The molecule has 0 fully saturated rings. The van der Waals surface area contributed by atoms with Crippen molar-refractivity contribution in [2.45, 2.75) is 0 Å². The standard InChI is InChI=1S/C10H9N3O2/c11-8-6-9(14)12-10(15)13(8)7-4-2-1-3-5-7/h1-6H,11H2,(H,12,14,15). The molecule has 0 unspecified atom stereocenters. The first-order chi connectivity index (χ1) is 7.18. The topological polar surface area (TPSA) is 80.9 Å². The number of hydrogen-bond donors (Lipinski definition) is 2. The average molecular weight is 203 g/mol. The van der Waals surface area contributed by atoms with Crippen LogP contribution in [0, 0.1) is 0 Å². The lowest BCUT2D eigenvalue weighted by Gasteiger charge is -2.07. The predicted molar refractivity (Wildman–Crippen MR) is 57.1 cm³/mol.